The molecule has 4 rings (SSSR count). The van der Waals surface area contributed by atoms with Crippen molar-refractivity contribution < 1.29 is 29.0 Å². The predicted molar refractivity (Wildman–Crippen MR) is 134 cm³/mol. The lowest BCUT2D eigenvalue weighted by Gasteiger charge is -2.41. The van der Waals surface area contributed by atoms with E-state index in [0.717, 1.165) is 6.42 Å². The van der Waals surface area contributed by atoms with Gasteiger partial charge < -0.3 is 24.4 Å². The highest BCUT2D eigenvalue weighted by Gasteiger charge is 2.77. The molecule has 3 saturated heterocycles. The van der Waals surface area contributed by atoms with Gasteiger partial charge >= 0.3 is 5.97 Å². The van der Waals surface area contributed by atoms with Crippen LogP contribution in [0.15, 0.2) is 36.9 Å². The Morgan fingerprint density at radius 1 is 1.37 bits per heavy atom. The van der Waals surface area contributed by atoms with Crippen LogP contribution in [0.25, 0.3) is 0 Å². The molecule has 9 heteroatoms. The van der Waals surface area contributed by atoms with E-state index in [1.54, 1.807) is 68.0 Å². The van der Waals surface area contributed by atoms with Crippen LogP contribution in [0, 0.1) is 17.8 Å². The molecule has 0 aromatic heterocycles. The van der Waals surface area contributed by atoms with Crippen molar-refractivity contribution in [2.24, 2.45) is 17.8 Å². The second-order valence-electron chi connectivity index (χ2n) is 9.52. The summed E-state index contributed by atoms with van der Waals surface area (Å²) in [5.74, 6) is -1.42. The number of methoxy groups -OCH3 is 1. The number of fused-ring (bicyclic) bond motifs is 1. The Bertz CT molecular complexity index is 1000. The number of hydrogen-bond acceptors (Lipinski definition) is 7. The molecule has 8 nitrogen and oxygen atoms in total. The minimum absolute atomic E-state index is 0.0309. The van der Waals surface area contributed by atoms with Gasteiger partial charge in [0.05, 0.1) is 42.9 Å². The van der Waals surface area contributed by atoms with Gasteiger partial charge in [0.1, 0.15) is 11.8 Å². The summed E-state index contributed by atoms with van der Waals surface area (Å²) in [4.78, 5) is 44.5. The normalized spacial score (nSPS) is 31.7. The number of anilines is 1. The summed E-state index contributed by atoms with van der Waals surface area (Å²) in [6, 6.07) is 5.76. The first-order chi connectivity index (χ1) is 16.8. The van der Waals surface area contributed by atoms with E-state index in [1.165, 1.54) is 4.90 Å². The van der Waals surface area contributed by atoms with Crippen molar-refractivity contribution in [2.75, 3.05) is 31.8 Å². The molecule has 1 spiro atoms. The molecule has 1 aromatic rings. The number of aliphatic hydroxyl groups excluding tert-OH is 1. The number of carbonyl (C=O) groups excluding carboxylic acids is 3. The molecule has 3 aliphatic heterocycles. The number of likely N-dealkylation sites (tertiary alicyclic amines) is 1. The maximum absolute atomic E-state index is 14.4. The summed E-state index contributed by atoms with van der Waals surface area (Å²) in [7, 11) is 1.58. The number of nitrogens with zero attached hydrogens (tertiary/aromatic N) is 2. The van der Waals surface area contributed by atoms with E-state index in [2.05, 4.69) is 13.5 Å². The monoisotopic (exact) mass is 502 g/mol. The van der Waals surface area contributed by atoms with Gasteiger partial charge in [-0.2, -0.15) is 0 Å². The summed E-state index contributed by atoms with van der Waals surface area (Å²) < 4.78 is 9.86. The topological polar surface area (TPSA) is 96.4 Å². The fourth-order valence-electron chi connectivity index (χ4n) is 6.17. The molecule has 3 fully saturated rings. The average molecular weight is 503 g/mol. The van der Waals surface area contributed by atoms with Gasteiger partial charge in [0.25, 0.3) is 5.91 Å². The first kappa shape index (κ1) is 25.6. The minimum atomic E-state index is -0.825. The first-order valence-corrected chi connectivity index (χ1v) is 13.0. The lowest BCUT2D eigenvalue weighted by Crippen LogP contribution is -2.59. The van der Waals surface area contributed by atoms with Gasteiger partial charge in [-0.15, -0.1) is 18.3 Å². The van der Waals surface area contributed by atoms with Crippen molar-refractivity contribution in [3.8, 4) is 5.75 Å². The number of hydrogen-bond donors (Lipinski definition) is 1. The lowest BCUT2D eigenvalue weighted by molar-refractivity contribution is -0.154. The van der Waals surface area contributed by atoms with Crippen molar-refractivity contribution in [2.45, 2.75) is 49.3 Å². The van der Waals surface area contributed by atoms with Crippen molar-refractivity contribution in [3.05, 3.63) is 36.9 Å². The molecule has 3 heterocycles. The molecular weight excluding hydrogens is 468 g/mol. The van der Waals surface area contributed by atoms with Gasteiger partial charge in [0, 0.05) is 17.5 Å². The van der Waals surface area contributed by atoms with E-state index in [9.17, 15) is 19.5 Å². The molecule has 0 radical (unpaired) electrons. The van der Waals surface area contributed by atoms with E-state index in [0.29, 0.717) is 11.4 Å². The fraction of sp³-hybridized carbons (Fsp3) is 0.577. The zero-order chi connectivity index (χ0) is 25.5. The Hall–Kier alpha value is -2.52. The molecular formula is C26H34N2O6S. The number of carbonyl (C=O) groups is 3. The molecule has 35 heavy (non-hydrogen) atoms. The van der Waals surface area contributed by atoms with Gasteiger partial charge in [-0.3, -0.25) is 14.4 Å². The highest BCUT2D eigenvalue weighted by Crippen LogP contribution is 2.69. The van der Waals surface area contributed by atoms with Crippen LogP contribution in [0.2, 0.25) is 0 Å². The molecule has 0 aliphatic carbocycles. The summed E-state index contributed by atoms with van der Waals surface area (Å²) >= 11 is 1.59. The highest BCUT2D eigenvalue weighted by atomic mass is 32.2. The predicted octanol–water partition coefficient (Wildman–Crippen LogP) is 2.50. The SMILES string of the molecule is C=CCN(C(=O)C1N([C@H](C)CO)C(=O)[C@@H]2[C@@H](C(=O)OCC)[C@H]3CC(C)C12S3)c1ccc(OC)cc1. The quantitative estimate of drug-likeness (QED) is 0.409. The van der Waals surface area contributed by atoms with E-state index >= 15 is 0 Å². The van der Waals surface area contributed by atoms with Crippen LogP contribution >= 0.6 is 11.8 Å². The van der Waals surface area contributed by atoms with Crippen LogP contribution in [0.4, 0.5) is 5.69 Å². The van der Waals surface area contributed by atoms with Crippen LogP contribution in [0.5, 0.6) is 5.75 Å². The largest absolute Gasteiger partial charge is 0.497 e. The van der Waals surface area contributed by atoms with Crippen molar-refractivity contribution in [3.63, 3.8) is 0 Å². The summed E-state index contributed by atoms with van der Waals surface area (Å²) in [6.45, 7) is 9.59. The Kier molecular flexibility index (Phi) is 7.20. The Labute approximate surface area is 210 Å². The molecule has 1 aromatic carbocycles. The van der Waals surface area contributed by atoms with Crippen molar-refractivity contribution in [1.29, 1.82) is 0 Å². The maximum atomic E-state index is 14.4. The Morgan fingerprint density at radius 3 is 2.63 bits per heavy atom. The number of amides is 2. The minimum Gasteiger partial charge on any atom is -0.497 e. The van der Waals surface area contributed by atoms with Crippen molar-refractivity contribution >= 4 is 35.2 Å². The third-order valence-corrected chi connectivity index (χ3v) is 9.75. The summed E-state index contributed by atoms with van der Waals surface area (Å²) in [5.41, 5.74) is 0.659. The summed E-state index contributed by atoms with van der Waals surface area (Å²) in [5, 5.41) is 9.96. The van der Waals surface area contributed by atoms with E-state index in [4.69, 9.17) is 9.47 Å². The summed E-state index contributed by atoms with van der Waals surface area (Å²) in [6.07, 6.45) is 2.38. The van der Waals surface area contributed by atoms with Crippen LogP contribution in [0.3, 0.4) is 0 Å². The smallest absolute Gasteiger partial charge is 0.310 e. The standard InChI is InChI=1S/C26H34N2O6S/c1-6-12-27(17-8-10-18(33-5)11-9-17)24(31)22-26-15(3)13-19(35-26)20(25(32)34-7-2)21(26)23(30)28(22)16(4)14-29/h6,8-11,15-16,19-22,29H,1,7,12-14H2,2-5H3/t15?,16-,19-,20+,21+,22?,26?/m1/s1. The number of benzene rings is 1. The van der Waals surface area contributed by atoms with Gasteiger partial charge in [-0.25, -0.2) is 0 Å². The van der Waals surface area contributed by atoms with Crippen LogP contribution < -0.4 is 9.64 Å². The lowest BCUT2D eigenvalue weighted by atomic mass is 9.66. The van der Waals surface area contributed by atoms with Gasteiger partial charge in [0.2, 0.25) is 5.91 Å². The molecule has 3 aliphatic rings. The molecule has 3 unspecified atom stereocenters. The van der Waals surface area contributed by atoms with Crippen molar-refractivity contribution in [1.82, 2.24) is 4.90 Å². The average Bonchev–Trinajstić information content (AvgIpc) is 3.45. The van der Waals surface area contributed by atoms with Gasteiger partial charge in [-0.05, 0) is 50.5 Å². The molecule has 2 bridgehead atoms. The Balaban J connectivity index is 1.81. The molecule has 190 valence electrons. The highest BCUT2D eigenvalue weighted by molar-refractivity contribution is 8.02. The zero-order valence-electron chi connectivity index (χ0n) is 20.7. The number of esters is 1. The fourth-order valence-corrected chi connectivity index (χ4v) is 8.56. The molecule has 1 N–H and O–H groups in total. The number of aliphatic hydroxyl groups is 1. The van der Waals surface area contributed by atoms with Crippen LogP contribution in [0.1, 0.15) is 27.2 Å². The van der Waals surface area contributed by atoms with E-state index in [1.807, 2.05) is 0 Å². The van der Waals surface area contributed by atoms with Crippen LogP contribution in [-0.4, -0.2) is 76.7 Å². The zero-order valence-corrected chi connectivity index (χ0v) is 21.5. The number of ether oxygens (including phenoxy) is 2. The van der Waals surface area contributed by atoms with Gasteiger partial charge in [0.15, 0.2) is 0 Å². The van der Waals surface area contributed by atoms with Crippen LogP contribution in [-0.2, 0) is 19.1 Å². The van der Waals surface area contributed by atoms with E-state index < -0.39 is 28.7 Å². The molecule has 0 saturated carbocycles. The number of rotatable bonds is 9. The third-order valence-electron chi connectivity index (χ3n) is 7.68. The second-order valence-corrected chi connectivity index (χ2v) is 11.1. The third kappa shape index (κ3) is 3.83. The molecule has 2 amide bonds. The first-order valence-electron chi connectivity index (χ1n) is 12.1. The maximum Gasteiger partial charge on any atom is 0.310 e. The van der Waals surface area contributed by atoms with Gasteiger partial charge in [-0.1, -0.05) is 13.0 Å². The Morgan fingerprint density at radius 2 is 2.06 bits per heavy atom. The van der Waals surface area contributed by atoms with E-state index in [-0.39, 0.29) is 48.7 Å². The number of thioether (sulfide) groups is 1. The molecule has 7 atom stereocenters. The second kappa shape index (κ2) is 9.85.